The van der Waals surface area contributed by atoms with Crippen LogP contribution in [0, 0.1) is 17.8 Å². The highest BCUT2D eigenvalue weighted by Gasteiger charge is 2.63. The summed E-state index contributed by atoms with van der Waals surface area (Å²) >= 11 is 0. The minimum absolute atomic E-state index is 0.0642. The van der Waals surface area contributed by atoms with Crippen LogP contribution in [0.25, 0.3) is 0 Å². The Bertz CT molecular complexity index is 400. The Morgan fingerprint density at radius 2 is 2.29 bits per heavy atom. The van der Waals surface area contributed by atoms with Gasteiger partial charge in [-0.05, 0) is 19.3 Å². The van der Waals surface area contributed by atoms with Crippen LogP contribution in [0.15, 0.2) is 12.2 Å². The largest absolute Gasteiger partial charge is 0.458 e. The van der Waals surface area contributed by atoms with E-state index in [0.29, 0.717) is 17.9 Å². The third kappa shape index (κ3) is 1.43. The van der Waals surface area contributed by atoms with Gasteiger partial charge in [0.25, 0.3) is 0 Å². The van der Waals surface area contributed by atoms with Gasteiger partial charge in [0.15, 0.2) is 0 Å². The van der Waals surface area contributed by atoms with Gasteiger partial charge < -0.3 is 9.47 Å². The third-order valence-electron chi connectivity index (χ3n) is 4.37. The SMILES string of the molecule is C=C(CC)C(=O)OC1C2OC(=O)C3C[C@@H]1CC32. The lowest BCUT2D eigenvalue weighted by atomic mass is 9.88. The smallest absolute Gasteiger partial charge is 0.333 e. The van der Waals surface area contributed by atoms with Crippen molar-refractivity contribution in [1.29, 1.82) is 0 Å². The van der Waals surface area contributed by atoms with Crippen LogP contribution in [0.5, 0.6) is 0 Å². The molecule has 4 nitrogen and oxygen atoms in total. The maximum atomic E-state index is 11.7. The summed E-state index contributed by atoms with van der Waals surface area (Å²) in [4.78, 5) is 23.2. The van der Waals surface area contributed by atoms with Crippen LogP contribution in [0.1, 0.15) is 26.2 Å². The summed E-state index contributed by atoms with van der Waals surface area (Å²) in [7, 11) is 0. The van der Waals surface area contributed by atoms with Crippen molar-refractivity contribution in [3.63, 3.8) is 0 Å². The molecular weight excluding hydrogens is 220 g/mol. The highest BCUT2D eigenvalue weighted by molar-refractivity contribution is 5.88. The Balaban J connectivity index is 1.72. The van der Waals surface area contributed by atoms with Crippen LogP contribution in [0.3, 0.4) is 0 Å². The second-order valence-corrected chi connectivity index (χ2v) is 5.23. The molecule has 0 spiro atoms. The predicted octanol–water partition coefficient (Wildman–Crippen LogP) is 1.45. The minimum atomic E-state index is -0.343. The van der Waals surface area contributed by atoms with Crippen molar-refractivity contribution in [2.75, 3.05) is 0 Å². The zero-order valence-corrected chi connectivity index (χ0v) is 9.85. The van der Waals surface area contributed by atoms with E-state index in [9.17, 15) is 9.59 Å². The van der Waals surface area contributed by atoms with Gasteiger partial charge in [-0.2, -0.15) is 0 Å². The van der Waals surface area contributed by atoms with Gasteiger partial charge in [0.1, 0.15) is 12.2 Å². The average Bonchev–Trinajstić information content (AvgIpc) is 2.92. The predicted molar refractivity (Wildman–Crippen MR) is 58.9 cm³/mol. The Labute approximate surface area is 100.0 Å². The van der Waals surface area contributed by atoms with E-state index in [1.165, 1.54) is 0 Å². The van der Waals surface area contributed by atoms with E-state index in [-0.39, 0.29) is 36.0 Å². The second kappa shape index (κ2) is 3.59. The van der Waals surface area contributed by atoms with Crippen molar-refractivity contribution < 1.29 is 19.1 Å². The number of esters is 2. The highest BCUT2D eigenvalue weighted by Crippen LogP contribution is 2.55. The lowest BCUT2D eigenvalue weighted by Crippen LogP contribution is -2.36. The molecule has 4 heteroatoms. The summed E-state index contributed by atoms with van der Waals surface area (Å²) in [5, 5.41) is 0. The van der Waals surface area contributed by atoms with E-state index in [1.807, 2.05) is 6.92 Å². The Morgan fingerprint density at radius 1 is 1.53 bits per heavy atom. The summed E-state index contributed by atoms with van der Waals surface area (Å²) in [5.41, 5.74) is 0.480. The fourth-order valence-corrected chi connectivity index (χ4v) is 3.42. The molecule has 0 aromatic carbocycles. The van der Waals surface area contributed by atoms with Gasteiger partial charge in [0, 0.05) is 17.4 Å². The molecule has 5 atom stereocenters. The molecule has 0 aromatic rings. The van der Waals surface area contributed by atoms with E-state index in [0.717, 1.165) is 12.8 Å². The molecule has 1 aliphatic heterocycles. The van der Waals surface area contributed by atoms with Gasteiger partial charge in [-0.15, -0.1) is 0 Å². The number of ether oxygens (including phenoxy) is 2. The summed E-state index contributed by atoms with van der Waals surface area (Å²) in [5.74, 6) is 0.199. The molecule has 0 radical (unpaired) electrons. The van der Waals surface area contributed by atoms with Gasteiger partial charge in [-0.1, -0.05) is 13.5 Å². The summed E-state index contributed by atoms with van der Waals surface area (Å²) in [6, 6.07) is 0. The summed E-state index contributed by atoms with van der Waals surface area (Å²) < 4.78 is 10.8. The molecule has 1 heterocycles. The molecule has 4 unspecified atom stereocenters. The summed E-state index contributed by atoms with van der Waals surface area (Å²) in [6.45, 7) is 5.54. The lowest BCUT2D eigenvalue weighted by molar-refractivity contribution is -0.158. The average molecular weight is 236 g/mol. The molecule has 2 aliphatic carbocycles. The van der Waals surface area contributed by atoms with E-state index >= 15 is 0 Å². The fourth-order valence-electron chi connectivity index (χ4n) is 3.42. The quantitative estimate of drug-likeness (QED) is 0.549. The first-order valence-corrected chi connectivity index (χ1v) is 6.21. The maximum absolute atomic E-state index is 11.7. The zero-order chi connectivity index (χ0) is 12.2. The third-order valence-corrected chi connectivity index (χ3v) is 4.37. The Hall–Kier alpha value is -1.32. The molecule has 3 fully saturated rings. The van der Waals surface area contributed by atoms with Gasteiger partial charge in [-0.3, -0.25) is 4.79 Å². The number of carbonyl (C=O) groups excluding carboxylic acids is 2. The second-order valence-electron chi connectivity index (χ2n) is 5.23. The molecule has 0 aromatic heterocycles. The first-order chi connectivity index (χ1) is 8.11. The monoisotopic (exact) mass is 236 g/mol. The fraction of sp³-hybridized carbons (Fsp3) is 0.692. The van der Waals surface area contributed by atoms with Crippen LogP contribution in [0.4, 0.5) is 0 Å². The first-order valence-electron chi connectivity index (χ1n) is 6.21. The Morgan fingerprint density at radius 3 is 3.00 bits per heavy atom. The standard InChI is InChI=1S/C13H16O4/c1-3-6(2)12(14)16-10-7-4-8-9(5-7)13(15)17-11(8)10/h7-11H,2-5H2,1H3/t7-,8?,9?,10?,11?/m0/s1. The van der Waals surface area contributed by atoms with Gasteiger partial charge in [-0.25, -0.2) is 4.79 Å². The van der Waals surface area contributed by atoms with E-state index < -0.39 is 0 Å². The van der Waals surface area contributed by atoms with Crippen LogP contribution in [-0.2, 0) is 19.1 Å². The van der Waals surface area contributed by atoms with Crippen LogP contribution in [0.2, 0.25) is 0 Å². The Kier molecular flexibility index (Phi) is 2.28. The van der Waals surface area contributed by atoms with Gasteiger partial charge in [0.2, 0.25) is 0 Å². The number of hydrogen-bond donors (Lipinski definition) is 0. The molecular formula is C13H16O4. The number of hydrogen-bond acceptors (Lipinski definition) is 4. The normalized spacial score (nSPS) is 41.5. The first kappa shape index (κ1) is 10.8. The topological polar surface area (TPSA) is 52.6 Å². The van der Waals surface area contributed by atoms with Crippen LogP contribution in [-0.4, -0.2) is 24.1 Å². The van der Waals surface area contributed by atoms with Crippen molar-refractivity contribution in [3.05, 3.63) is 12.2 Å². The van der Waals surface area contributed by atoms with Crippen molar-refractivity contribution in [1.82, 2.24) is 0 Å². The van der Waals surface area contributed by atoms with E-state index in [1.54, 1.807) is 0 Å². The molecule has 2 bridgehead atoms. The molecule has 3 rings (SSSR count). The minimum Gasteiger partial charge on any atom is -0.458 e. The maximum Gasteiger partial charge on any atom is 0.333 e. The van der Waals surface area contributed by atoms with Crippen molar-refractivity contribution in [3.8, 4) is 0 Å². The molecule has 1 saturated heterocycles. The molecule has 0 amide bonds. The molecule has 2 saturated carbocycles. The van der Waals surface area contributed by atoms with Crippen molar-refractivity contribution in [2.24, 2.45) is 17.8 Å². The molecule has 17 heavy (non-hydrogen) atoms. The van der Waals surface area contributed by atoms with Crippen molar-refractivity contribution in [2.45, 2.75) is 38.4 Å². The van der Waals surface area contributed by atoms with E-state index in [2.05, 4.69) is 6.58 Å². The van der Waals surface area contributed by atoms with Crippen molar-refractivity contribution >= 4 is 11.9 Å². The number of carbonyl (C=O) groups is 2. The lowest BCUT2D eigenvalue weighted by Gasteiger charge is -2.25. The van der Waals surface area contributed by atoms with Crippen LogP contribution < -0.4 is 0 Å². The number of fused-ring (bicyclic) bond motifs is 1. The van der Waals surface area contributed by atoms with Gasteiger partial charge >= 0.3 is 11.9 Å². The van der Waals surface area contributed by atoms with Gasteiger partial charge in [0.05, 0.1) is 5.92 Å². The molecule has 92 valence electrons. The highest BCUT2D eigenvalue weighted by atomic mass is 16.6. The van der Waals surface area contributed by atoms with Crippen LogP contribution >= 0.6 is 0 Å². The van der Waals surface area contributed by atoms with E-state index in [4.69, 9.17) is 9.47 Å². The summed E-state index contributed by atoms with van der Waals surface area (Å²) in [6.07, 6.45) is 1.93. The zero-order valence-electron chi connectivity index (χ0n) is 9.85. The number of rotatable bonds is 3. The molecule has 0 N–H and O–H groups in total. The molecule has 3 aliphatic rings.